The number of carbonyl (C=O) groups is 7. The van der Waals surface area contributed by atoms with E-state index in [0.29, 0.717) is 88.9 Å². The molecule has 406 valence electrons. The molecular formula is C51H82AlBrLiN4O14P. The number of ketones is 2. The second-order valence-electron chi connectivity index (χ2n) is 17.8. The van der Waals surface area contributed by atoms with Crippen molar-refractivity contribution in [3.63, 3.8) is 0 Å². The van der Waals surface area contributed by atoms with Crippen molar-refractivity contribution in [2.24, 2.45) is 35.3 Å². The van der Waals surface area contributed by atoms with Crippen LogP contribution < -0.4 is 24.6 Å². The minimum Gasteiger partial charge on any atom is -1.00 e. The number of aldehydes is 1. The fourth-order valence-electron chi connectivity index (χ4n) is 8.22. The molecule has 0 aromatic carbocycles. The number of amides is 1. The number of nitrogens with two attached hydrogens (primary N) is 1. The number of hydrogen-bond donors (Lipinski definition) is 2. The van der Waals surface area contributed by atoms with Gasteiger partial charge in [0.1, 0.15) is 35.1 Å². The second kappa shape index (κ2) is 38.1. The number of nitrogens with zero attached hydrogens (tertiary/aromatic N) is 3. The molecule has 0 radical (unpaired) electrons. The molecule has 0 spiro atoms. The van der Waals surface area contributed by atoms with Crippen LogP contribution in [0, 0.1) is 50.4 Å². The number of aliphatic hydroxyl groups excluding tert-OH is 1. The van der Waals surface area contributed by atoms with Crippen LogP contribution in [0.4, 0.5) is 0 Å². The number of aromatic nitrogens is 3. The summed E-state index contributed by atoms with van der Waals surface area (Å²) in [5, 5.41) is 8.96. The summed E-state index contributed by atoms with van der Waals surface area (Å²) in [4.78, 5) is 88.3. The number of Topliss-reactive ketones (excluding diaryl/α,β-unsaturated/α-hetero) is 2. The number of aryl methyl sites for hydroxylation is 6. The molecule has 0 bridgehead atoms. The van der Waals surface area contributed by atoms with E-state index in [4.69, 9.17) is 32.6 Å². The van der Waals surface area contributed by atoms with Gasteiger partial charge in [-0.2, -0.15) is 0 Å². The molecule has 3 aromatic rings. The summed E-state index contributed by atoms with van der Waals surface area (Å²) < 4.78 is 31.0. The Labute approximate surface area is 465 Å². The number of oxazole rings is 3. The van der Waals surface area contributed by atoms with Gasteiger partial charge in [0.15, 0.2) is 35.0 Å². The summed E-state index contributed by atoms with van der Waals surface area (Å²) >= 11 is 3.26. The first-order chi connectivity index (χ1) is 33.8. The van der Waals surface area contributed by atoms with E-state index in [9.17, 15) is 33.6 Å². The molecule has 0 saturated heterocycles. The fourth-order valence-corrected chi connectivity index (χ4v) is 8.90. The summed E-state index contributed by atoms with van der Waals surface area (Å²) in [6, 6.07) is 0. The molecule has 22 heteroatoms. The Kier molecular flexibility index (Phi) is 36.3. The van der Waals surface area contributed by atoms with Crippen molar-refractivity contribution in [3.8, 4) is 0 Å². The maximum Gasteiger partial charge on any atom is 1.00 e. The number of rotatable bonds is 8. The fraction of sp³-hybridized carbons (Fsp3) is 0.686. The van der Waals surface area contributed by atoms with Crippen LogP contribution in [0.15, 0.2) is 13.3 Å². The number of hydrogen-bond acceptors (Lipinski definition) is 17. The first-order valence-corrected chi connectivity index (χ1v) is 27.7. The van der Waals surface area contributed by atoms with Gasteiger partial charge in [-0.15, -0.1) is 8.58 Å². The van der Waals surface area contributed by atoms with E-state index >= 15 is 0 Å². The molecule has 8 rings (SSSR count). The number of aliphatic hydroxyl groups is 1. The Morgan fingerprint density at radius 2 is 1.07 bits per heavy atom. The smallest absolute Gasteiger partial charge is 1.00 e. The van der Waals surface area contributed by atoms with Gasteiger partial charge in [0.25, 0.3) is 0 Å². The van der Waals surface area contributed by atoms with Gasteiger partial charge in [-0.25, -0.2) is 15.0 Å². The SMILES string of the molecule is CC(N)=O.CCOC(=O)C1CCC(=O)C(Br)C1.CCOC(=O)C1CCC(=O)CC1.CCOC(=O)C1CCc2nc(C)oc2C1.CPC.Cc1nc2c(o1)CC(C=O)CC2.Cc1nc2c(o1)CC(CO)CC2.[AlH3].[H-].[Li+]. The molecule has 3 heterocycles. The van der Waals surface area contributed by atoms with Crippen LogP contribution in [0.5, 0.6) is 0 Å². The van der Waals surface area contributed by atoms with Crippen LogP contribution in [-0.4, -0.2) is 124 Å². The van der Waals surface area contributed by atoms with Crippen molar-refractivity contribution >= 4 is 83.5 Å². The van der Waals surface area contributed by atoms with Gasteiger partial charge >= 0.3 is 36.8 Å². The third-order valence-corrected chi connectivity index (χ3v) is 12.6. The number of halogens is 1. The van der Waals surface area contributed by atoms with E-state index in [2.05, 4.69) is 49.9 Å². The van der Waals surface area contributed by atoms with Crippen molar-refractivity contribution in [3.05, 3.63) is 52.0 Å². The van der Waals surface area contributed by atoms with Crippen molar-refractivity contribution in [1.29, 1.82) is 0 Å². The van der Waals surface area contributed by atoms with Crippen molar-refractivity contribution in [1.82, 2.24) is 15.0 Å². The number of primary amides is 1. The van der Waals surface area contributed by atoms with Gasteiger partial charge in [0, 0.05) is 78.7 Å². The number of ether oxygens (including phenoxy) is 3. The molecule has 5 aliphatic rings. The second-order valence-corrected chi connectivity index (χ2v) is 19.9. The number of fused-ring (bicyclic) bond motifs is 3. The molecule has 5 aliphatic carbocycles. The number of esters is 3. The van der Waals surface area contributed by atoms with E-state index < -0.39 is 0 Å². The van der Waals surface area contributed by atoms with Crippen LogP contribution in [-0.2, 0) is 86.3 Å². The van der Waals surface area contributed by atoms with E-state index in [1.54, 1.807) is 13.8 Å². The number of carbonyl (C=O) groups excluding carboxylic acids is 7. The molecule has 3 N–H and O–H groups in total. The molecule has 5 atom stereocenters. The van der Waals surface area contributed by atoms with Gasteiger partial charge < -0.3 is 44.5 Å². The Bertz CT molecular complexity index is 2140. The molecule has 3 aromatic heterocycles. The first-order valence-electron chi connectivity index (χ1n) is 24.8. The summed E-state index contributed by atoms with van der Waals surface area (Å²) in [6.07, 6.45) is 12.8. The van der Waals surface area contributed by atoms with Crippen molar-refractivity contribution in [2.75, 3.05) is 39.8 Å². The topological polar surface area (TPSA) is 272 Å². The third-order valence-electron chi connectivity index (χ3n) is 11.7. The first kappa shape index (κ1) is 69.5. The predicted octanol–water partition coefficient (Wildman–Crippen LogP) is 3.36. The van der Waals surface area contributed by atoms with Gasteiger partial charge in [-0.3, -0.25) is 28.8 Å². The van der Waals surface area contributed by atoms with Gasteiger partial charge in [-0.1, -0.05) is 15.9 Å². The quantitative estimate of drug-likeness (QED) is 0.0817. The third kappa shape index (κ3) is 26.2. The molecule has 73 heavy (non-hydrogen) atoms. The molecule has 2 saturated carbocycles. The Balaban J connectivity index is 0. The summed E-state index contributed by atoms with van der Waals surface area (Å²) in [6.45, 7) is 18.1. The Hall–Kier alpha value is -3.48. The molecular weight excluding hydrogens is 1040 g/mol. The minimum absolute atomic E-state index is 0. The van der Waals surface area contributed by atoms with Crippen LogP contribution in [0.3, 0.4) is 0 Å². The summed E-state index contributed by atoms with van der Waals surface area (Å²) in [7, 11) is 1.08. The van der Waals surface area contributed by atoms with E-state index in [0.717, 1.165) is 106 Å². The Morgan fingerprint density at radius 1 is 0.685 bits per heavy atom. The summed E-state index contributed by atoms with van der Waals surface area (Å²) in [5.41, 5.74) is 7.62. The van der Waals surface area contributed by atoms with Crippen LogP contribution in [0.25, 0.3) is 0 Å². The van der Waals surface area contributed by atoms with E-state index in [1.165, 1.54) is 6.92 Å². The van der Waals surface area contributed by atoms with E-state index in [1.807, 2.05) is 27.7 Å². The molecule has 5 unspecified atom stereocenters. The zero-order valence-electron chi connectivity index (χ0n) is 45.2. The molecule has 2 fully saturated rings. The predicted molar refractivity (Wildman–Crippen MR) is 281 cm³/mol. The zero-order valence-corrected chi connectivity index (χ0v) is 46.8. The van der Waals surface area contributed by atoms with Crippen LogP contribution >= 0.6 is 24.5 Å². The van der Waals surface area contributed by atoms with Crippen molar-refractivity contribution < 1.29 is 86.4 Å². The van der Waals surface area contributed by atoms with Gasteiger partial charge in [0.05, 0.1) is 59.5 Å². The molecule has 0 aliphatic heterocycles. The van der Waals surface area contributed by atoms with Crippen LogP contribution in [0.1, 0.15) is 145 Å². The van der Waals surface area contributed by atoms with Crippen molar-refractivity contribution in [2.45, 2.75) is 156 Å². The zero-order chi connectivity index (χ0) is 53.0. The maximum absolute atomic E-state index is 11.5. The summed E-state index contributed by atoms with van der Waals surface area (Å²) in [5.74, 6) is 4.97. The van der Waals surface area contributed by atoms with Gasteiger partial charge in [0.2, 0.25) is 5.91 Å². The Morgan fingerprint density at radius 3 is 1.51 bits per heavy atom. The average molecular weight is 1120 g/mol. The van der Waals surface area contributed by atoms with E-state index in [-0.39, 0.29) is 108 Å². The van der Waals surface area contributed by atoms with Crippen LogP contribution in [0.2, 0.25) is 0 Å². The molecule has 1 amide bonds. The maximum atomic E-state index is 11.5. The number of alkyl halides is 1. The normalized spacial score (nSPS) is 20.2. The minimum atomic E-state index is -0.333. The standard InChI is InChI=1S/C11H15NO3.C9H13BrO3.C9H13NO2.C9H11NO2.C9H14O3.C2H5NO.C2H7P.Al.Li.4H/c1-3-14-11(13)8-4-5-9-10(6-8)15-7(2)12-9;1-2-13-9(12)6-3-4-8(11)7(10)5-6;2*1-6-10-8-3-2-7(5-11)4-9(8)12-6;1-2-12-9(11)7-3-5-8(10)6-4-7;1-2(3)4;1-3-2;;;;;;/h8H,3-6H2,1-2H3;6-7H,2-5H2,1H3;7,11H,2-5H2,1H3;5,7H,2-4H2,1H3;7H,2-6H2,1H3;1H3,(H2,3,4);3H,1-2H3;;;;;;/q;;;;;;;;+1;;;;-1. The largest absolute Gasteiger partial charge is 1.00 e. The molecule has 18 nitrogen and oxygen atoms in total. The average Bonchev–Trinajstić information content (AvgIpc) is 4.03. The monoisotopic (exact) mass is 1120 g/mol. The van der Waals surface area contributed by atoms with Gasteiger partial charge in [-0.05, 0) is 104 Å².